The highest BCUT2D eigenvalue weighted by molar-refractivity contribution is 9.10. The molecule has 0 spiro atoms. The SMILES string of the molecule is CCC(C)N1CCC(=C(C)NNc2ccc(Br)cc2)C1. The van der Waals surface area contributed by atoms with Crippen LogP contribution in [0.1, 0.15) is 33.6 Å². The monoisotopic (exact) mass is 337 g/mol. The van der Waals surface area contributed by atoms with Crippen LogP contribution in [-0.2, 0) is 0 Å². The summed E-state index contributed by atoms with van der Waals surface area (Å²) in [5, 5.41) is 0. The van der Waals surface area contributed by atoms with Gasteiger partial charge in [-0.05, 0) is 56.5 Å². The number of nitrogens with zero attached hydrogens (tertiary/aromatic N) is 1. The molecule has 2 rings (SSSR count). The van der Waals surface area contributed by atoms with Gasteiger partial charge in [-0.1, -0.05) is 22.9 Å². The van der Waals surface area contributed by atoms with E-state index in [2.05, 4.69) is 64.6 Å². The molecule has 3 nitrogen and oxygen atoms in total. The maximum absolute atomic E-state index is 3.44. The van der Waals surface area contributed by atoms with Crippen LogP contribution in [-0.4, -0.2) is 24.0 Å². The van der Waals surface area contributed by atoms with E-state index in [1.807, 2.05) is 12.1 Å². The van der Waals surface area contributed by atoms with Crippen molar-refractivity contribution < 1.29 is 0 Å². The molecular weight excluding hydrogens is 314 g/mol. The summed E-state index contributed by atoms with van der Waals surface area (Å²) in [6, 6.07) is 8.85. The molecule has 20 heavy (non-hydrogen) atoms. The summed E-state index contributed by atoms with van der Waals surface area (Å²) in [5.74, 6) is 0. The average molecular weight is 338 g/mol. The number of likely N-dealkylation sites (tertiary alicyclic amines) is 1. The zero-order valence-electron chi connectivity index (χ0n) is 12.5. The van der Waals surface area contributed by atoms with Crippen LogP contribution in [0.3, 0.4) is 0 Å². The summed E-state index contributed by atoms with van der Waals surface area (Å²) in [4.78, 5) is 2.56. The normalized spacial score (nSPS) is 19.8. The standard InChI is InChI=1S/C16H24BrN3/c1-4-12(2)20-10-9-14(11-20)13(3)18-19-16-7-5-15(17)6-8-16/h5-8,12,18-19H,4,9-11H2,1-3H3. The number of hydrazine groups is 1. The summed E-state index contributed by atoms with van der Waals surface area (Å²) < 4.78 is 1.10. The van der Waals surface area contributed by atoms with E-state index in [0.29, 0.717) is 6.04 Å². The van der Waals surface area contributed by atoms with E-state index < -0.39 is 0 Å². The molecule has 1 aromatic rings. The second-order valence-corrected chi connectivity index (χ2v) is 6.38. The zero-order chi connectivity index (χ0) is 14.5. The van der Waals surface area contributed by atoms with Gasteiger partial charge in [0.2, 0.25) is 0 Å². The van der Waals surface area contributed by atoms with Gasteiger partial charge in [-0.3, -0.25) is 4.90 Å². The van der Waals surface area contributed by atoms with E-state index in [4.69, 9.17) is 0 Å². The Kier molecular flexibility index (Phi) is 5.49. The molecule has 0 bridgehead atoms. The van der Waals surface area contributed by atoms with E-state index in [1.54, 1.807) is 0 Å². The Morgan fingerprint density at radius 1 is 1.35 bits per heavy atom. The Labute approximate surface area is 130 Å². The molecular formula is C16H24BrN3. The third-order valence-corrected chi connectivity index (χ3v) is 4.61. The van der Waals surface area contributed by atoms with E-state index in [-0.39, 0.29) is 0 Å². The summed E-state index contributed by atoms with van der Waals surface area (Å²) in [7, 11) is 0. The number of hydrogen-bond acceptors (Lipinski definition) is 3. The first-order chi connectivity index (χ1) is 9.60. The maximum Gasteiger partial charge on any atom is 0.0540 e. The molecule has 4 heteroatoms. The van der Waals surface area contributed by atoms with Gasteiger partial charge in [0, 0.05) is 29.3 Å². The highest BCUT2D eigenvalue weighted by atomic mass is 79.9. The van der Waals surface area contributed by atoms with Crippen LogP contribution in [0, 0.1) is 0 Å². The second-order valence-electron chi connectivity index (χ2n) is 5.46. The van der Waals surface area contributed by atoms with Gasteiger partial charge >= 0.3 is 0 Å². The number of nitrogens with one attached hydrogen (secondary N) is 2. The van der Waals surface area contributed by atoms with Gasteiger partial charge in [-0.15, -0.1) is 0 Å². The Hall–Kier alpha value is -1.000. The van der Waals surface area contributed by atoms with E-state index in [0.717, 1.165) is 16.7 Å². The minimum Gasteiger partial charge on any atom is -0.305 e. The molecule has 1 aliphatic heterocycles. The van der Waals surface area contributed by atoms with Crippen LogP contribution in [0.15, 0.2) is 40.0 Å². The van der Waals surface area contributed by atoms with Crippen LogP contribution in [0.5, 0.6) is 0 Å². The molecule has 1 atom stereocenters. The summed E-state index contributed by atoms with van der Waals surface area (Å²) in [6.07, 6.45) is 2.39. The minimum absolute atomic E-state index is 0.680. The van der Waals surface area contributed by atoms with Crippen molar-refractivity contribution in [1.82, 2.24) is 10.3 Å². The number of benzene rings is 1. The van der Waals surface area contributed by atoms with Gasteiger partial charge < -0.3 is 10.9 Å². The van der Waals surface area contributed by atoms with Gasteiger partial charge in [0.25, 0.3) is 0 Å². The predicted octanol–water partition coefficient (Wildman–Crippen LogP) is 4.14. The number of rotatable bonds is 5. The topological polar surface area (TPSA) is 27.3 Å². The van der Waals surface area contributed by atoms with E-state index in [9.17, 15) is 0 Å². The van der Waals surface area contributed by atoms with Crippen molar-refractivity contribution in [3.63, 3.8) is 0 Å². The van der Waals surface area contributed by atoms with Gasteiger partial charge in [0.1, 0.15) is 0 Å². The molecule has 1 unspecified atom stereocenters. The number of allylic oxidation sites excluding steroid dienone is 1. The first kappa shape index (κ1) is 15.4. The first-order valence-corrected chi connectivity index (χ1v) is 8.09. The molecule has 0 aromatic heterocycles. The lowest BCUT2D eigenvalue weighted by atomic mass is 10.2. The van der Waals surface area contributed by atoms with Crippen molar-refractivity contribution in [2.75, 3.05) is 18.5 Å². The Bertz CT molecular complexity index is 467. The van der Waals surface area contributed by atoms with Gasteiger partial charge in [-0.25, -0.2) is 0 Å². The highest BCUT2D eigenvalue weighted by Gasteiger charge is 2.21. The second kappa shape index (κ2) is 7.14. The average Bonchev–Trinajstić information content (AvgIpc) is 2.95. The summed E-state index contributed by atoms with van der Waals surface area (Å²) >= 11 is 3.44. The van der Waals surface area contributed by atoms with Gasteiger partial charge in [0.05, 0.1) is 5.69 Å². The number of hydrogen-bond donors (Lipinski definition) is 2. The van der Waals surface area contributed by atoms with Gasteiger partial charge in [-0.2, -0.15) is 0 Å². The molecule has 0 amide bonds. The van der Waals surface area contributed by atoms with Crippen molar-refractivity contribution in [2.24, 2.45) is 0 Å². The lowest BCUT2D eigenvalue weighted by Gasteiger charge is -2.22. The van der Waals surface area contributed by atoms with Crippen LogP contribution in [0.2, 0.25) is 0 Å². The van der Waals surface area contributed by atoms with Crippen LogP contribution >= 0.6 is 15.9 Å². The molecule has 0 saturated carbocycles. The first-order valence-electron chi connectivity index (χ1n) is 7.30. The fourth-order valence-corrected chi connectivity index (χ4v) is 2.67. The molecule has 1 saturated heterocycles. The lowest BCUT2D eigenvalue weighted by Crippen LogP contribution is -2.30. The molecule has 110 valence electrons. The van der Waals surface area contributed by atoms with E-state index >= 15 is 0 Å². The number of halogens is 1. The zero-order valence-corrected chi connectivity index (χ0v) is 14.1. The summed E-state index contributed by atoms with van der Waals surface area (Å²) in [5.41, 5.74) is 10.4. The third-order valence-electron chi connectivity index (χ3n) is 4.08. The van der Waals surface area contributed by atoms with Crippen molar-refractivity contribution in [1.29, 1.82) is 0 Å². The predicted molar refractivity (Wildman–Crippen MR) is 89.5 cm³/mol. The molecule has 0 radical (unpaired) electrons. The molecule has 0 aliphatic carbocycles. The van der Waals surface area contributed by atoms with E-state index in [1.165, 1.54) is 30.7 Å². The molecule has 1 aliphatic rings. The molecule has 1 fully saturated rings. The number of anilines is 1. The van der Waals surface area contributed by atoms with Crippen LogP contribution in [0.4, 0.5) is 5.69 Å². The largest absolute Gasteiger partial charge is 0.305 e. The lowest BCUT2D eigenvalue weighted by molar-refractivity contribution is 0.258. The van der Waals surface area contributed by atoms with Gasteiger partial charge in [0.15, 0.2) is 0 Å². The van der Waals surface area contributed by atoms with Crippen molar-refractivity contribution in [2.45, 2.75) is 39.7 Å². The molecule has 2 N–H and O–H groups in total. The van der Waals surface area contributed by atoms with Crippen LogP contribution < -0.4 is 10.9 Å². The molecule has 1 heterocycles. The van der Waals surface area contributed by atoms with Crippen LogP contribution in [0.25, 0.3) is 0 Å². The minimum atomic E-state index is 0.680. The fraction of sp³-hybridized carbons (Fsp3) is 0.500. The fourth-order valence-electron chi connectivity index (χ4n) is 2.41. The Morgan fingerprint density at radius 3 is 2.70 bits per heavy atom. The Balaban J connectivity index is 1.89. The third kappa shape index (κ3) is 4.00. The van der Waals surface area contributed by atoms with Crippen molar-refractivity contribution in [3.05, 3.63) is 40.0 Å². The summed E-state index contributed by atoms with van der Waals surface area (Å²) in [6.45, 7) is 9.00. The Morgan fingerprint density at radius 2 is 2.05 bits per heavy atom. The quantitative estimate of drug-likeness (QED) is 0.790. The van der Waals surface area contributed by atoms with Crippen molar-refractivity contribution in [3.8, 4) is 0 Å². The van der Waals surface area contributed by atoms with Crippen molar-refractivity contribution >= 4 is 21.6 Å². The highest BCUT2D eigenvalue weighted by Crippen LogP contribution is 2.21. The smallest absolute Gasteiger partial charge is 0.0540 e. The maximum atomic E-state index is 3.44. The molecule has 1 aromatic carbocycles.